The Morgan fingerprint density at radius 2 is 1.47 bits per heavy atom. The predicted molar refractivity (Wildman–Crippen MR) is 126 cm³/mol. The molecule has 0 amide bonds. The van der Waals surface area contributed by atoms with E-state index in [1.807, 2.05) is 25.1 Å². The molecule has 1 aromatic heterocycles. The summed E-state index contributed by atoms with van der Waals surface area (Å²) in [6.07, 6.45) is -4.12. The lowest BCUT2D eigenvalue weighted by Gasteiger charge is -2.19. The molecule has 2 nitrogen and oxygen atoms in total. The third kappa shape index (κ3) is 4.54. The molecule has 0 spiro atoms. The van der Waals surface area contributed by atoms with Gasteiger partial charge in [-0.1, -0.05) is 18.2 Å². The van der Waals surface area contributed by atoms with Gasteiger partial charge in [0.1, 0.15) is 22.4 Å². The van der Waals surface area contributed by atoms with Gasteiger partial charge in [-0.25, -0.2) is 22.5 Å². The molecule has 5 aromatic rings. The van der Waals surface area contributed by atoms with Gasteiger partial charge >= 0.3 is 6.11 Å². The number of nitrogens with zero attached hydrogens (tertiary/aromatic N) is 1. The largest absolute Gasteiger partial charge is 0.429 e. The first kappa shape index (κ1) is 23.9. The number of benzene rings is 4. The van der Waals surface area contributed by atoms with Gasteiger partial charge in [-0.15, -0.1) is 11.3 Å². The summed E-state index contributed by atoms with van der Waals surface area (Å²) in [5, 5.41) is 0.472. The highest BCUT2D eigenvalue weighted by Gasteiger charge is 2.38. The van der Waals surface area contributed by atoms with Gasteiger partial charge < -0.3 is 4.74 Å². The third-order valence-electron chi connectivity index (χ3n) is 5.49. The van der Waals surface area contributed by atoms with Gasteiger partial charge in [-0.3, -0.25) is 0 Å². The zero-order chi connectivity index (χ0) is 25.6. The first-order chi connectivity index (χ1) is 17.1. The van der Waals surface area contributed by atoms with Crippen molar-refractivity contribution in [2.45, 2.75) is 13.0 Å². The Morgan fingerprint density at radius 1 is 0.722 bits per heavy atom. The second-order valence-corrected chi connectivity index (χ2v) is 9.10. The van der Waals surface area contributed by atoms with E-state index in [4.69, 9.17) is 0 Å². The Bertz CT molecular complexity index is 1610. The number of fused-ring (bicyclic) bond motifs is 1. The van der Waals surface area contributed by atoms with Crippen LogP contribution in [0.5, 0.6) is 5.75 Å². The molecule has 4 aromatic carbocycles. The van der Waals surface area contributed by atoms with Gasteiger partial charge in [0.2, 0.25) is 0 Å². The summed E-state index contributed by atoms with van der Waals surface area (Å²) < 4.78 is 91.1. The highest BCUT2D eigenvalue weighted by molar-refractivity contribution is 7.21. The lowest BCUT2D eigenvalue weighted by Crippen LogP contribution is -2.23. The maximum absolute atomic E-state index is 14.8. The van der Waals surface area contributed by atoms with Crippen molar-refractivity contribution in [3.8, 4) is 27.4 Å². The molecule has 182 valence electrons. The van der Waals surface area contributed by atoms with Crippen LogP contribution in [0.4, 0.5) is 26.3 Å². The van der Waals surface area contributed by atoms with E-state index in [-0.39, 0.29) is 11.1 Å². The predicted octanol–water partition coefficient (Wildman–Crippen LogP) is 8.62. The molecule has 5 rings (SSSR count). The summed E-state index contributed by atoms with van der Waals surface area (Å²) in [6, 6.07) is 14.3. The van der Waals surface area contributed by atoms with Crippen LogP contribution in [-0.4, -0.2) is 4.98 Å². The molecule has 0 saturated heterocycles. The number of aromatic nitrogens is 1. The monoisotopic (exact) mass is 515 g/mol. The maximum atomic E-state index is 14.8. The molecule has 0 bridgehead atoms. The molecule has 0 saturated carbocycles. The quantitative estimate of drug-likeness (QED) is 0.219. The molecule has 36 heavy (non-hydrogen) atoms. The van der Waals surface area contributed by atoms with Crippen LogP contribution in [0, 0.1) is 30.2 Å². The van der Waals surface area contributed by atoms with Crippen molar-refractivity contribution >= 4 is 21.6 Å². The first-order valence-corrected chi connectivity index (χ1v) is 11.4. The molecule has 0 aliphatic rings. The van der Waals surface area contributed by atoms with Crippen molar-refractivity contribution in [3.63, 3.8) is 0 Å². The molecular weight excluding hydrogens is 500 g/mol. The van der Waals surface area contributed by atoms with Crippen LogP contribution in [0.25, 0.3) is 31.9 Å². The number of halogens is 6. The number of alkyl halides is 2. The lowest BCUT2D eigenvalue weighted by atomic mass is 10.0. The summed E-state index contributed by atoms with van der Waals surface area (Å²) >= 11 is 1.31. The third-order valence-corrected chi connectivity index (χ3v) is 6.56. The highest BCUT2D eigenvalue weighted by atomic mass is 32.1. The number of ether oxygens (including phenoxy) is 1. The van der Waals surface area contributed by atoms with Crippen molar-refractivity contribution in [3.05, 3.63) is 107 Å². The average molecular weight is 515 g/mol. The Hall–Kier alpha value is -3.85. The Labute approximate surface area is 205 Å². The standard InChI is InChI=1S/C27H15F6NOS/c1-14-2-9-24-25(10-14)36-26(34-24)16-3-7-19(22(30)12-16)27(32,33)35-17-5-6-18(21(29)13-17)15-4-8-20(28)23(31)11-15/h2-13H,1H3. The molecule has 0 atom stereocenters. The Kier molecular flexibility index (Phi) is 5.96. The zero-order valence-corrected chi connectivity index (χ0v) is 19.3. The summed E-state index contributed by atoms with van der Waals surface area (Å²) in [6.45, 7) is 1.93. The van der Waals surface area contributed by atoms with E-state index in [0.29, 0.717) is 22.2 Å². The molecule has 0 aliphatic carbocycles. The van der Waals surface area contributed by atoms with Gasteiger partial charge in [0.05, 0.1) is 15.8 Å². The summed E-state index contributed by atoms with van der Waals surface area (Å²) in [5.41, 5.74) is 0.904. The normalized spacial score (nSPS) is 11.8. The summed E-state index contributed by atoms with van der Waals surface area (Å²) in [5.74, 6) is -5.08. The fourth-order valence-electron chi connectivity index (χ4n) is 3.70. The van der Waals surface area contributed by atoms with Gasteiger partial charge in [0.25, 0.3) is 0 Å². The maximum Gasteiger partial charge on any atom is 0.429 e. The average Bonchev–Trinajstić information content (AvgIpc) is 3.24. The van der Waals surface area contributed by atoms with Crippen molar-refractivity contribution < 1.29 is 31.1 Å². The van der Waals surface area contributed by atoms with E-state index in [2.05, 4.69) is 9.72 Å². The highest BCUT2D eigenvalue weighted by Crippen LogP contribution is 2.38. The van der Waals surface area contributed by atoms with Gasteiger partial charge in [0, 0.05) is 17.2 Å². The van der Waals surface area contributed by atoms with E-state index in [1.54, 1.807) is 0 Å². The second kappa shape index (κ2) is 8.98. The van der Waals surface area contributed by atoms with Crippen LogP contribution in [-0.2, 0) is 6.11 Å². The number of aryl methyl sites for hydroxylation is 1. The van der Waals surface area contributed by atoms with Crippen LogP contribution >= 0.6 is 11.3 Å². The minimum absolute atomic E-state index is 0.0105. The minimum Gasteiger partial charge on any atom is -0.429 e. The Balaban J connectivity index is 1.40. The van der Waals surface area contributed by atoms with Gasteiger partial charge in [-0.05, 0) is 66.6 Å². The molecule has 0 radical (unpaired) electrons. The molecule has 0 aliphatic heterocycles. The minimum atomic E-state index is -4.12. The molecule has 0 fully saturated rings. The van der Waals surface area contributed by atoms with Crippen LogP contribution in [0.2, 0.25) is 0 Å². The van der Waals surface area contributed by atoms with Crippen molar-refractivity contribution in [1.29, 1.82) is 0 Å². The van der Waals surface area contributed by atoms with Gasteiger partial charge in [0.15, 0.2) is 11.6 Å². The lowest BCUT2D eigenvalue weighted by molar-refractivity contribution is -0.187. The number of thiazole rings is 1. The molecule has 9 heteroatoms. The number of hydrogen-bond acceptors (Lipinski definition) is 3. The number of hydrogen-bond donors (Lipinski definition) is 0. The van der Waals surface area contributed by atoms with E-state index in [1.165, 1.54) is 17.4 Å². The molecular formula is C27H15F6NOS. The van der Waals surface area contributed by atoms with E-state index in [0.717, 1.165) is 52.7 Å². The first-order valence-electron chi connectivity index (χ1n) is 10.6. The van der Waals surface area contributed by atoms with Crippen LogP contribution in [0.3, 0.4) is 0 Å². The van der Waals surface area contributed by atoms with E-state index in [9.17, 15) is 26.3 Å². The molecule has 0 unspecified atom stereocenters. The van der Waals surface area contributed by atoms with Crippen molar-refractivity contribution in [2.24, 2.45) is 0 Å². The van der Waals surface area contributed by atoms with E-state index < -0.39 is 40.7 Å². The van der Waals surface area contributed by atoms with Crippen LogP contribution in [0.15, 0.2) is 72.8 Å². The fourth-order valence-corrected chi connectivity index (χ4v) is 4.76. The fraction of sp³-hybridized carbons (Fsp3) is 0.0741. The molecule has 0 N–H and O–H groups in total. The second-order valence-electron chi connectivity index (χ2n) is 8.07. The van der Waals surface area contributed by atoms with Crippen molar-refractivity contribution in [2.75, 3.05) is 0 Å². The SMILES string of the molecule is Cc1ccc2nc(-c3ccc(C(F)(F)Oc4ccc(-c5ccc(F)c(F)c5)c(F)c4)c(F)c3)sc2c1. The van der Waals surface area contributed by atoms with Crippen LogP contribution in [0.1, 0.15) is 11.1 Å². The van der Waals surface area contributed by atoms with E-state index >= 15 is 0 Å². The molecule has 1 heterocycles. The summed E-state index contributed by atoms with van der Waals surface area (Å²) in [4.78, 5) is 4.43. The summed E-state index contributed by atoms with van der Waals surface area (Å²) in [7, 11) is 0. The zero-order valence-electron chi connectivity index (χ0n) is 18.5. The van der Waals surface area contributed by atoms with Crippen LogP contribution < -0.4 is 4.74 Å². The van der Waals surface area contributed by atoms with Crippen molar-refractivity contribution in [1.82, 2.24) is 4.98 Å². The topological polar surface area (TPSA) is 22.1 Å². The van der Waals surface area contributed by atoms with Gasteiger partial charge in [-0.2, -0.15) is 8.78 Å². The smallest absolute Gasteiger partial charge is 0.429 e. The number of rotatable bonds is 5. The Morgan fingerprint density at radius 3 is 2.19 bits per heavy atom.